The number of anilines is 1. The highest BCUT2D eigenvalue weighted by Gasteiger charge is 2.41. The fourth-order valence-electron chi connectivity index (χ4n) is 1.94. The van der Waals surface area contributed by atoms with E-state index in [0.717, 1.165) is 0 Å². The highest BCUT2D eigenvalue weighted by molar-refractivity contribution is 5.90. The zero-order valence-corrected chi connectivity index (χ0v) is 13.0. The van der Waals surface area contributed by atoms with Crippen molar-refractivity contribution < 1.29 is 22.8 Å². The van der Waals surface area contributed by atoms with E-state index in [2.05, 4.69) is 10.6 Å². The molecule has 128 valence electrons. The standard InChI is InChI=1S/C15H20F3N3O2/c1-3-21(14(23)15(16,17)18)10-11-5-4-6-12(9-11)20-13(22)7-8-19-2/h4-6,9,19H,3,7-8,10H2,1-2H3,(H,20,22). The van der Waals surface area contributed by atoms with E-state index in [1.54, 1.807) is 31.3 Å². The van der Waals surface area contributed by atoms with Crippen molar-refractivity contribution in [3.8, 4) is 0 Å². The second kappa shape index (κ2) is 8.52. The zero-order chi connectivity index (χ0) is 17.5. The average molecular weight is 331 g/mol. The average Bonchev–Trinajstić information content (AvgIpc) is 2.49. The van der Waals surface area contributed by atoms with Crippen molar-refractivity contribution in [3.05, 3.63) is 29.8 Å². The molecule has 0 fully saturated rings. The minimum Gasteiger partial charge on any atom is -0.331 e. The molecule has 1 aromatic rings. The molecule has 1 rings (SSSR count). The Hall–Kier alpha value is -2.09. The highest BCUT2D eigenvalue weighted by Crippen LogP contribution is 2.20. The summed E-state index contributed by atoms with van der Waals surface area (Å²) < 4.78 is 37.5. The van der Waals surface area contributed by atoms with Crippen LogP contribution in [0.15, 0.2) is 24.3 Å². The number of hydrogen-bond donors (Lipinski definition) is 2. The van der Waals surface area contributed by atoms with Gasteiger partial charge in [-0.1, -0.05) is 12.1 Å². The SMILES string of the molecule is CCN(Cc1cccc(NC(=O)CCNC)c1)C(=O)C(F)(F)F. The third-order valence-electron chi connectivity index (χ3n) is 3.10. The number of nitrogens with zero attached hydrogens (tertiary/aromatic N) is 1. The van der Waals surface area contributed by atoms with Gasteiger partial charge in [0, 0.05) is 31.7 Å². The largest absolute Gasteiger partial charge is 0.471 e. The zero-order valence-electron chi connectivity index (χ0n) is 13.0. The van der Waals surface area contributed by atoms with Crippen LogP contribution in [-0.2, 0) is 16.1 Å². The summed E-state index contributed by atoms with van der Waals surface area (Å²) in [5.74, 6) is -2.07. The van der Waals surface area contributed by atoms with Gasteiger partial charge in [-0.15, -0.1) is 0 Å². The predicted molar refractivity (Wildman–Crippen MR) is 80.8 cm³/mol. The molecule has 0 aromatic heterocycles. The lowest BCUT2D eigenvalue weighted by atomic mass is 10.2. The number of carbonyl (C=O) groups is 2. The van der Waals surface area contributed by atoms with Gasteiger partial charge in [0.2, 0.25) is 5.91 Å². The maximum atomic E-state index is 12.5. The molecule has 0 bridgehead atoms. The lowest BCUT2D eigenvalue weighted by Gasteiger charge is -2.22. The van der Waals surface area contributed by atoms with Crippen molar-refractivity contribution in [2.24, 2.45) is 0 Å². The topological polar surface area (TPSA) is 61.4 Å². The first-order chi connectivity index (χ1) is 10.8. The van der Waals surface area contributed by atoms with Gasteiger partial charge in [0.1, 0.15) is 0 Å². The predicted octanol–water partition coefficient (Wildman–Crippen LogP) is 2.15. The number of halogens is 3. The molecule has 0 saturated carbocycles. The van der Waals surface area contributed by atoms with Crippen LogP contribution in [0.1, 0.15) is 18.9 Å². The van der Waals surface area contributed by atoms with Crippen LogP contribution >= 0.6 is 0 Å². The normalized spacial score (nSPS) is 11.2. The van der Waals surface area contributed by atoms with Gasteiger partial charge in [-0.2, -0.15) is 13.2 Å². The molecule has 0 radical (unpaired) electrons. The molecule has 0 aliphatic carbocycles. The number of benzene rings is 1. The minimum absolute atomic E-state index is 0.0584. The molecule has 0 aliphatic rings. The van der Waals surface area contributed by atoms with Gasteiger partial charge in [0.15, 0.2) is 0 Å². The Bertz CT molecular complexity index is 547. The van der Waals surface area contributed by atoms with E-state index < -0.39 is 12.1 Å². The minimum atomic E-state index is -4.89. The Morgan fingerprint density at radius 2 is 1.96 bits per heavy atom. The maximum absolute atomic E-state index is 12.5. The van der Waals surface area contributed by atoms with Crippen LogP contribution in [0.5, 0.6) is 0 Å². The van der Waals surface area contributed by atoms with Crippen molar-refractivity contribution in [2.75, 3.05) is 25.5 Å². The smallest absolute Gasteiger partial charge is 0.331 e. The Balaban J connectivity index is 2.76. The summed E-state index contributed by atoms with van der Waals surface area (Å²) in [6, 6.07) is 6.43. The molecule has 2 N–H and O–H groups in total. The van der Waals surface area contributed by atoms with E-state index >= 15 is 0 Å². The van der Waals surface area contributed by atoms with E-state index in [1.165, 1.54) is 6.92 Å². The van der Waals surface area contributed by atoms with Crippen molar-refractivity contribution in [1.82, 2.24) is 10.2 Å². The number of rotatable bonds is 7. The van der Waals surface area contributed by atoms with Crippen LogP contribution in [0, 0.1) is 0 Å². The van der Waals surface area contributed by atoms with Crippen molar-refractivity contribution in [2.45, 2.75) is 26.1 Å². The molecule has 0 heterocycles. The van der Waals surface area contributed by atoms with Gasteiger partial charge in [0.25, 0.3) is 0 Å². The summed E-state index contributed by atoms with van der Waals surface area (Å²) in [6.07, 6.45) is -4.61. The maximum Gasteiger partial charge on any atom is 0.471 e. The van der Waals surface area contributed by atoms with Crippen LogP contribution < -0.4 is 10.6 Å². The Morgan fingerprint density at radius 3 is 2.52 bits per heavy atom. The van der Waals surface area contributed by atoms with E-state index in [9.17, 15) is 22.8 Å². The molecule has 2 amide bonds. The Labute approximate surface area is 132 Å². The van der Waals surface area contributed by atoms with E-state index in [1.807, 2.05) is 0 Å². The van der Waals surface area contributed by atoms with Crippen LogP contribution in [0.4, 0.5) is 18.9 Å². The molecule has 0 saturated heterocycles. The highest BCUT2D eigenvalue weighted by atomic mass is 19.4. The number of hydrogen-bond acceptors (Lipinski definition) is 3. The van der Waals surface area contributed by atoms with Crippen LogP contribution in [0.3, 0.4) is 0 Å². The molecule has 23 heavy (non-hydrogen) atoms. The molecular weight excluding hydrogens is 311 g/mol. The van der Waals surface area contributed by atoms with Crippen LogP contribution in [-0.4, -0.2) is 43.0 Å². The van der Waals surface area contributed by atoms with E-state index in [0.29, 0.717) is 22.7 Å². The molecule has 0 aliphatic heterocycles. The van der Waals surface area contributed by atoms with Crippen molar-refractivity contribution in [1.29, 1.82) is 0 Å². The number of amides is 2. The van der Waals surface area contributed by atoms with Crippen LogP contribution in [0.2, 0.25) is 0 Å². The molecule has 8 heteroatoms. The summed E-state index contributed by atoms with van der Waals surface area (Å²) in [6.45, 7) is 1.77. The second-order valence-electron chi connectivity index (χ2n) is 4.92. The lowest BCUT2D eigenvalue weighted by Crippen LogP contribution is -2.40. The van der Waals surface area contributed by atoms with Gasteiger partial charge >= 0.3 is 12.1 Å². The first-order valence-electron chi connectivity index (χ1n) is 7.17. The Kier molecular flexibility index (Phi) is 7.02. The first-order valence-corrected chi connectivity index (χ1v) is 7.17. The number of carbonyl (C=O) groups excluding carboxylic acids is 2. The summed E-state index contributed by atoms with van der Waals surface area (Å²) >= 11 is 0. The van der Waals surface area contributed by atoms with E-state index in [4.69, 9.17) is 0 Å². The fraction of sp³-hybridized carbons (Fsp3) is 0.467. The molecule has 0 atom stereocenters. The molecule has 0 unspecified atom stereocenters. The Morgan fingerprint density at radius 1 is 1.26 bits per heavy atom. The van der Waals surface area contributed by atoms with Gasteiger partial charge in [-0.25, -0.2) is 0 Å². The van der Waals surface area contributed by atoms with Gasteiger partial charge < -0.3 is 15.5 Å². The van der Waals surface area contributed by atoms with E-state index in [-0.39, 0.29) is 25.4 Å². The van der Waals surface area contributed by atoms with Gasteiger partial charge in [-0.3, -0.25) is 9.59 Å². The van der Waals surface area contributed by atoms with Gasteiger partial charge in [0.05, 0.1) is 0 Å². The van der Waals surface area contributed by atoms with Crippen molar-refractivity contribution in [3.63, 3.8) is 0 Å². The lowest BCUT2D eigenvalue weighted by molar-refractivity contribution is -0.185. The third kappa shape index (κ3) is 6.27. The molecule has 5 nitrogen and oxygen atoms in total. The fourth-order valence-corrected chi connectivity index (χ4v) is 1.94. The summed E-state index contributed by atoms with van der Waals surface area (Å²) in [7, 11) is 1.73. The second-order valence-corrected chi connectivity index (χ2v) is 4.92. The number of nitrogens with one attached hydrogen (secondary N) is 2. The van der Waals surface area contributed by atoms with Crippen molar-refractivity contribution >= 4 is 17.5 Å². The first kappa shape index (κ1) is 19.0. The quantitative estimate of drug-likeness (QED) is 0.805. The summed E-state index contributed by atoms with van der Waals surface area (Å²) in [5.41, 5.74) is 0.995. The molecule has 1 aromatic carbocycles. The van der Waals surface area contributed by atoms with Crippen LogP contribution in [0.25, 0.3) is 0 Å². The summed E-state index contributed by atoms with van der Waals surface area (Å²) in [4.78, 5) is 23.7. The summed E-state index contributed by atoms with van der Waals surface area (Å²) in [5, 5.41) is 5.51. The third-order valence-corrected chi connectivity index (χ3v) is 3.10. The molecule has 0 spiro atoms. The number of alkyl halides is 3. The monoisotopic (exact) mass is 331 g/mol. The molecular formula is C15H20F3N3O2. The van der Waals surface area contributed by atoms with Gasteiger partial charge in [-0.05, 0) is 31.7 Å².